The summed E-state index contributed by atoms with van der Waals surface area (Å²) in [6, 6.07) is 9.22. The number of hydrogen-bond donors (Lipinski definition) is 2. The van der Waals surface area contributed by atoms with Crippen molar-refractivity contribution in [1.82, 2.24) is 10.2 Å². The number of carbonyl (C=O) groups is 2. The van der Waals surface area contributed by atoms with Crippen molar-refractivity contribution >= 4 is 11.9 Å². The van der Waals surface area contributed by atoms with E-state index in [2.05, 4.69) is 5.32 Å². The van der Waals surface area contributed by atoms with Crippen LogP contribution in [0.2, 0.25) is 0 Å². The van der Waals surface area contributed by atoms with E-state index in [1.807, 2.05) is 49.3 Å². The van der Waals surface area contributed by atoms with Crippen LogP contribution in [0.25, 0.3) is 0 Å². The number of carboxylic acids is 1. The average molecular weight is 278 g/mol. The molecule has 0 aromatic heterocycles. The van der Waals surface area contributed by atoms with E-state index in [0.717, 1.165) is 5.56 Å². The van der Waals surface area contributed by atoms with E-state index in [9.17, 15) is 9.59 Å². The van der Waals surface area contributed by atoms with Gasteiger partial charge in [0.1, 0.15) is 0 Å². The SMILES string of the molecule is CN(C)CCC(=O)NC(CCC(=O)O)c1ccccc1. The summed E-state index contributed by atoms with van der Waals surface area (Å²) in [5.41, 5.74) is 0.937. The molecule has 0 heterocycles. The fourth-order valence-corrected chi connectivity index (χ4v) is 1.87. The highest BCUT2D eigenvalue weighted by molar-refractivity contribution is 5.76. The lowest BCUT2D eigenvalue weighted by molar-refractivity contribution is -0.137. The summed E-state index contributed by atoms with van der Waals surface area (Å²) in [6.45, 7) is 0.673. The predicted molar refractivity (Wildman–Crippen MR) is 77.4 cm³/mol. The molecule has 1 aromatic rings. The number of benzene rings is 1. The van der Waals surface area contributed by atoms with Crippen molar-refractivity contribution in [3.63, 3.8) is 0 Å². The number of nitrogens with one attached hydrogen (secondary N) is 1. The number of nitrogens with zero attached hydrogens (tertiary/aromatic N) is 1. The number of aliphatic carboxylic acids is 1. The molecule has 0 saturated heterocycles. The second-order valence-corrected chi connectivity index (χ2v) is 5.02. The van der Waals surface area contributed by atoms with Gasteiger partial charge in [0, 0.05) is 19.4 Å². The van der Waals surface area contributed by atoms with Crippen LogP contribution < -0.4 is 5.32 Å². The van der Waals surface area contributed by atoms with Crippen LogP contribution in [0.1, 0.15) is 30.9 Å². The lowest BCUT2D eigenvalue weighted by atomic mass is 10.0. The van der Waals surface area contributed by atoms with Gasteiger partial charge in [-0.25, -0.2) is 0 Å². The van der Waals surface area contributed by atoms with Crippen LogP contribution in [0, 0.1) is 0 Å². The number of hydrogen-bond acceptors (Lipinski definition) is 3. The zero-order valence-electron chi connectivity index (χ0n) is 12.0. The molecule has 1 atom stereocenters. The van der Waals surface area contributed by atoms with Gasteiger partial charge in [0.25, 0.3) is 0 Å². The molecule has 2 N–H and O–H groups in total. The number of rotatable bonds is 8. The summed E-state index contributed by atoms with van der Waals surface area (Å²) in [5.74, 6) is -0.911. The zero-order chi connectivity index (χ0) is 15.0. The third-order valence-corrected chi connectivity index (χ3v) is 2.97. The maximum Gasteiger partial charge on any atom is 0.303 e. The third-order valence-electron chi connectivity index (χ3n) is 2.97. The van der Waals surface area contributed by atoms with Gasteiger partial charge >= 0.3 is 5.97 Å². The Labute approximate surface area is 119 Å². The molecule has 0 radical (unpaired) electrons. The third kappa shape index (κ3) is 6.33. The van der Waals surface area contributed by atoms with Gasteiger partial charge in [0.2, 0.25) is 5.91 Å². The first kappa shape index (κ1) is 16.2. The molecule has 1 unspecified atom stereocenters. The van der Waals surface area contributed by atoms with Gasteiger partial charge in [-0.1, -0.05) is 30.3 Å². The molecule has 110 valence electrons. The Bertz CT molecular complexity index is 432. The van der Waals surface area contributed by atoms with Crippen LogP contribution in [0.4, 0.5) is 0 Å². The maximum atomic E-state index is 11.9. The summed E-state index contributed by atoms with van der Waals surface area (Å²) in [6.07, 6.45) is 0.837. The topological polar surface area (TPSA) is 69.6 Å². The number of carboxylic acid groups (broad SMARTS) is 1. The van der Waals surface area contributed by atoms with Gasteiger partial charge in [0.05, 0.1) is 6.04 Å². The van der Waals surface area contributed by atoms with Gasteiger partial charge in [-0.3, -0.25) is 9.59 Å². The number of amides is 1. The lowest BCUT2D eigenvalue weighted by Gasteiger charge is -2.19. The molecule has 0 saturated carbocycles. The first-order valence-corrected chi connectivity index (χ1v) is 6.70. The Morgan fingerprint density at radius 3 is 2.40 bits per heavy atom. The first-order valence-electron chi connectivity index (χ1n) is 6.70. The van der Waals surface area contributed by atoms with E-state index >= 15 is 0 Å². The largest absolute Gasteiger partial charge is 0.481 e. The Morgan fingerprint density at radius 1 is 1.20 bits per heavy atom. The summed E-state index contributed by atoms with van der Waals surface area (Å²) >= 11 is 0. The Kier molecular flexibility index (Phi) is 6.73. The highest BCUT2D eigenvalue weighted by Gasteiger charge is 2.15. The van der Waals surface area contributed by atoms with Crippen molar-refractivity contribution in [2.75, 3.05) is 20.6 Å². The Morgan fingerprint density at radius 2 is 1.85 bits per heavy atom. The van der Waals surface area contributed by atoms with E-state index in [1.165, 1.54) is 0 Å². The predicted octanol–water partition coefficient (Wildman–Crippen LogP) is 1.66. The van der Waals surface area contributed by atoms with Gasteiger partial charge in [-0.05, 0) is 26.1 Å². The Hall–Kier alpha value is -1.88. The molecule has 20 heavy (non-hydrogen) atoms. The summed E-state index contributed by atoms with van der Waals surface area (Å²) in [4.78, 5) is 24.5. The number of carbonyl (C=O) groups excluding carboxylic acids is 1. The van der Waals surface area contributed by atoms with E-state index in [4.69, 9.17) is 5.11 Å². The average Bonchev–Trinajstić information content (AvgIpc) is 2.42. The van der Waals surface area contributed by atoms with Crippen molar-refractivity contribution in [2.24, 2.45) is 0 Å². The molecule has 0 fully saturated rings. The minimum absolute atomic E-state index is 0.0352. The monoisotopic (exact) mass is 278 g/mol. The molecule has 0 aliphatic carbocycles. The second-order valence-electron chi connectivity index (χ2n) is 5.02. The fraction of sp³-hybridized carbons (Fsp3) is 0.467. The summed E-state index contributed by atoms with van der Waals surface area (Å²) < 4.78 is 0. The van der Waals surface area contributed by atoms with Gasteiger partial charge < -0.3 is 15.3 Å². The molecular weight excluding hydrogens is 256 g/mol. The Balaban J connectivity index is 2.63. The second kappa shape index (κ2) is 8.32. The minimum Gasteiger partial charge on any atom is -0.481 e. The molecule has 1 aromatic carbocycles. The smallest absolute Gasteiger partial charge is 0.303 e. The quantitative estimate of drug-likeness (QED) is 0.759. The standard InChI is InChI=1S/C15H22N2O3/c1-17(2)11-10-14(18)16-13(8-9-15(19)20)12-6-4-3-5-7-12/h3-7,13H,8-11H2,1-2H3,(H,16,18)(H,19,20). The van der Waals surface area contributed by atoms with Crippen molar-refractivity contribution in [2.45, 2.75) is 25.3 Å². The molecule has 5 heteroatoms. The van der Waals surface area contributed by atoms with E-state index in [1.54, 1.807) is 0 Å². The van der Waals surface area contributed by atoms with Crippen molar-refractivity contribution in [3.8, 4) is 0 Å². The van der Waals surface area contributed by atoms with Crippen LogP contribution in [0.3, 0.4) is 0 Å². The van der Waals surface area contributed by atoms with Gasteiger partial charge in [0.15, 0.2) is 0 Å². The van der Waals surface area contributed by atoms with Crippen LogP contribution >= 0.6 is 0 Å². The molecule has 1 amide bonds. The van der Waals surface area contributed by atoms with Crippen LogP contribution in [-0.4, -0.2) is 42.5 Å². The van der Waals surface area contributed by atoms with E-state index in [-0.39, 0.29) is 18.4 Å². The molecule has 0 aliphatic heterocycles. The zero-order valence-corrected chi connectivity index (χ0v) is 12.0. The van der Waals surface area contributed by atoms with E-state index in [0.29, 0.717) is 19.4 Å². The van der Waals surface area contributed by atoms with Crippen LogP contribution in [0.5, 0.6) is 0 Å². The molecule has 0 aliphatic rings. The fourth-order valence-electron chi connectivity index (χ4n) is 1.87. The van der Waals surface area contributed by atoms with E-state index < -0.39 is 5.97 Å². The summed E-state index contributed by atoms with van der Waals surface area (Å²) in [7, 11) is 3.82. The molecule has 5 nitrogen and oxygen atoms in total. The van der Waals surface area contributed by atoms with Crippen molar-refractivity contribution < 1.29 is 14.7 Å². The van der Waals surface area contributed by atoms with Crippen molar-refractivity contribution in [3.05, 3.63) is 35.9 Å². The maximum absolute atomic E-state index is 11.9. The van der Waals surface area contributed by atoms with Gasteiger partial charge in [-0.15, -0.1) is 0 Å². The van der Waals surface area contributed by atoms with Crippen LogP contribution in [0.15, 0.2) is 30.3 Å². The normalized spacial score (nSPS) is 12.2. The summed E-state index contributed by atoms with van der Waals surface area (Å²) in [5, 5.41) is 11.7. The minimum atomic E-state index is -0.853. The van der Waals surface area contributed by atoms with Crippen LogP contribution in [-0.2, 0) is 9.59 Å². The molecule has 1 rings (SSSR count). The van der Waals surface area contributed by atoms with Crippen molar-refractivity contribution in [1.29, 1.82) is 0 Å². The molecule has 0 bridgehead atoms. The first-order chi connectivity index (χ1) is 9.49. The highest BCUT2D eigenvalue weighted by atomic mass is 16.4. The highest BCUT2D eigenvalue weighted by Crippen LogP contribution is 2.18. The molecule has 0 spiro atoms. The lowest BCUT2D eigenvalue weighted by Crippen LogP contribution is -2.31. The molecular formula is C15H22N2O3. The van der Waals surface area contributed by atoms with Gasteiger partial charge in [-0.2, -0.15) is 0 Å².